The number of carbonyl (C=O) groups excluding carboxylic acids is 1. The molecule has 0 spiro atoms. The lowest BCUT2D eigenvalue weighted by Gasteiger charge is -2.11. The van der Waals surface area contributed by atoms with Gasteiger partial charge in [-0.1, -0.05) is 16.8 Å². The number of hydrogen-bond donors (Lipinski definition) is 1. The molecule has 1 aromatic heterocycles. The fraction of sp³-hybridized carbons (Fsp3) is 0.0909. The van der Waals surface area contributed by atoms with E-state index in [2.05, 4.69) is 15.0 Å². The summed E-state index contributed by atoms with van der Waals surface area (Å²) < 4.78 is 42.3. The van der Waals surface area contributed by atoms with Gasteiger partial charge in [0.25, 0.3) is 5.91 Å². The third-order valence-electron chi connectivity index (χ3n) is 2.20. The summed E-state index contributed by atoms with van der Waals surface area (Å²) in [6.45, 7) is 0. The van der Waals surface area contributed by atoms with E-state index >= 15 is 0 Å². The predicted octanol–water partition coefficient (Wildman–Crippen LogP) is 3.60. The van der Waals surface area contributed by atoms with Crippen LogP contribution in [0, 0.1) is 0 Å². The van der Waals surface area contributed by atoms with E-state index in [0.717, 1.165) is 12.1 Å². The maximum atomic E-state index is 12.6. The van der Waals surface area contributed by atoms with Gasteiger partial charge in [-0.2, -0.15) is 13.2 Å². The van der Waals surface area contributed by atoms with Gasteiger partial charge in [-0.05, 0) is 18.2 Å². The Morgan fingerprint density at radius 1 is 1.32 bits per heavy atom. The molecule has 1 N–H and O–H groups in total. The summed E-state index contributed by atoms with van der Waals surface area (Å²) in [6.07, 6.45) is -3.41. The molecule has 0 aliphatic heterocycles. The molecule has 0 fully saturated rings. The van der Waals surface area contributed by atoms with E-state index in [-0.39, 0.29) is 11.4 Å². The highest BCUT2D eigenvalue weighted by Crippen LogP contribution is 2.36. The minimum atomic E-state index is -4.59. The van der Waals surface area contributed by atoms with E-state index in [0.29, 0.717) is 0 Å². The molecule has 0 aliphatic carbocycles. The van der Waals surface area contributed by atoms with Crippen molar-refractivity contribution in [2.75, 3.05) is 5.32 Å². The second-order valence-electron chi connectivity index (χ2n) is 3.53. The average Bonchev–Trinajstić information content (AvgIpc) is 2.83. The molecule has 8 heteroatoms. The SMILES string of the molecule is O=C(Nc1ccc(Cl)c(C(F)(F)F)c1)c1ccon1. The first-order chi connectivity index (χ1) is 8.88. The quantitative estimate of drug-likeness (QED) is 0.919. The van der Waals surface area contributed by atoms with Crippen molar-refractivity contribution in [3.8, 4) is 0 Å². The Morgan fingerprint density at radius 3 is 2.63 bits per heavy atom. The number of nitrogens with zero attached hydrogens (tertiary/aromatic N) is 1. The number of aromatic nitrogens is 1. The number of rotatable bonds is 2. The van der Waals surface area contributed by atoms with Gasteiger partial charge in [-0.15, -0.1) is 0 Å². The van der Waals surface area contributed by atoms with Gasteiger partial charge in [0.1, 0.15) is 6.26 Å². The Labute approximate surface area is 110 Å². The third-order valence-corrected chi connectivity index (χ3v) is 2.53. The number of amides is 1. The van der Waals surface area contributed by atoms with Crippen LogP contribution in [0.2, 0.25) is 5.02 Å². The Hall–Kier alpha value is -2.02. The van der Waals surface area contributed by atoms with E-state index in [1.807, 2.05) is 0 Å². The first-order valence-corrected chi connectivity index (χ1v) is 5.34. The van der Waals surface area contributed by atoms with Gasteiger partial charge in [0, 0.05) is 11.8 Å². The van der Waals surface area contributed by atoms with Crippen LogP contribution < -0.4 is 5.32 Å². The van der Waals surface area contributed by atoms with Crippen LogP contribution in [0.4, 0.5) is 18.9 Å². The lowest BCUT2D eigenvalue weighted by molar-refractivity contribution is -0.137. The molecule has 4 nitrogen and oxygen atoms in total. The molecule has 0 atom stereocenters. The highest BCUT2D eigenvalue weighted by atomic mass is 35.5. The van der Waals surface area contributed by atoms with Gasteiger partial charge in [-0.3, -0.25) is 4.79 Å². The zero-order valence-electron chi connectivity index (χ0n) is 9.16. The zero-order chi connectivity index (χ0) is 14.0. The van der Waals surface area contributed by atoms with Crippen LogP contribution >= 0.6 is 11.6 Å². The molecule has 100 valence electrons. The predicted molar refractivity (Wildman–Crippen MR) is 60.9 cm³/mol. The van der Waals surface area contributed by atoms with Crippen LogP contribution in [0.25, 0.3) is 0 Å². The molecule has 0 radical (unpaired) electrons. The van der Waals surface area contributed by atoms with Crippen LogP contribution in [-0.4, -0.2) is 11.1 Å². The molecule has 1 heterocycles. The molecule has 1 aromatic carbocycles. The van der Waals surface area contributed by atoms with Crippen molar-refractivity contribution in [1.82, 2.24) is 5.16 Å². The standard InChI is InChI=1S/C11H6ClF3N2O2/c12-8-2-1-6(5-7(8)11(13,14)15)16-10(18)9-3-4-19-17-9/h1-5H,(H,16,18). The van der Waals surface area contributed by atoms with E-state index in [1.54, 1.807) is 0 Å². The largest absolute Gasteiger partial charge is 0.417 e. The number of alkyl halides is 3. The number of anilines is 1. The number of benzene rings is 1. The molecule has 1 amide bonds. The van der Waals surface area contributed by atoms with Gasteiger partial charge < -0.3 is 9.84 Å². The highest BCUT2D eigenvalue weighted by Gasteiger charge is 2.33. The molecule has 0 saturated carbocycles. The summed E-state index contributed by atoms with van der Waals surface area (Å²) in [5.41, 5.74) is -1.10. The Morgan fingerprint density at radius 2 is 2.05 bits per heavy atom. The van der Waals surface area contributed by atoms with Crippen molar-refractivity contribution in [2.24, 2.45) is 0 Å². The Kier molecular flexibility index (Phi) is 3.48. The first-order valence-electron chi connectivity index (χ1n) is 4.96. The second-order valence-corrected chi connectivity index (χ2v) is 3.94. The molecular weight excluding hydrogens is 285 g/mol. The Bertz CT molecular complexity index is 596. The normalized spacial score (nSPS) is 11.4. The third kappa shape index (κ3) is 3.05. The lowest BCUT2D eigenvalue weighted by Crippen LogP contribution is -2.13. The van der Waals surface area contributed by atoms with E-state index < -0.39 is 22.7 Å². The van der Waals surface area contributed by atoms with Crippen LogP contribution in [0.3, 0.4) is 0 Å². The summed E-state index contributed by atoms with van der Waals surface area (Å²) in [4.78, 5) is 11.6. The topological polar surface area (TPSA) is 55.1 Å². The number of carbonyl (C=O) groups is 1. The summed E-state index contributed by atoms with van der Waals surface area (Å²) in [5, 5.41) is 5.19. The smallest absolute Gasteiger partial charge is 0.364 e. The van der Waals surface area contributed by atoms with Crippen molar-refractivity contribution < 1.29 is 22.5 Å². The van der Waals surface area contributed by atoms with Crippen molar-refractivity contribution in [3.63, 3.8) is 0 Å². The van der Waals surface area contributed by atoms with E-state index in [4.69, 9.17) is 11.6 Å². The van der Waals surface area contributed by atoms with Crippen LogP contribution in [0.5, 0.6) is 0 Å². The van der Waals surface area contributed by atoms with Gasteiger partial charge >= 0.3 is 6.18 Å². The molecular formula is C11H6ClF3N2O2. The molecule has 2 aromatic rings. The zero-order valence-corrected chi connectivity index (χ0v) is 9.92. The van der Waals surface area contributed by atoms with E-state index in [9.17, 15) is 18.0 Å². The highest BCUT2D eigenvalue weighted by molar-refractivity contribution is 6.31. The van der Waals surface area contributed by atoms with Crippen molar-refractivity contribution >= 4 is 23.2 Å². The number of halogens is 4. The molecule has 2 rings (SSSR count). The summed E-state index contributed by atoms with van der Waals surface area (Å²) >= 11 is 5.46. The van der Waals surface area contributed by atoms with Crippen molar-refractivity contribution in [2.45, 2.75) is 6.18 Å². The minimum Gasteiger partial charge on any atom is -0.364 e. The van der Waals surface area contributed by atoms with E-state index in [1.165, 1.54) is 18.4 Å². The summed E-state index contributed by atoms with van der Waals surface area (Å²) in [6, 6.07) is 4.36. The maximum Gasteiger partial charge on any atom is 0.417 e. The van der Waals surface area contributed by atoms with Gasteiger partial charge in [0.2, 0.25) is 0 Å². The number of hydrogen-bond acceptors (Lipinski definition) is 3. The average molecular weight is 291 g/mol. The fourth-order valence-electron chi connectivity index (χ4n) is 1.35. The van der Waals surface area contributed by atoms with Gasteiger partial charge in [0.15, 0.2) is 5.69 Å². The molecule has 0 unspecified atom stereocenters. The maximum absolute atomic E-state index is 12.6. The molecule has 0 saturated heterocycles. The minimum absolute atomic E-state index is 0.0373. The van der Waals surface area contributed by atoms with Crippen LogP contribution in [-0.2, 0) is 6.18 Å². The van der Waals surface area contributed by atoms with Gasteiger partial charge in [0.05, 0.1) is 10.6 Å². The number of nitrogens with one attached hydrogen (secondary N) is 1. The van der Waals surface area contributed by atoms with Crippen molar-refractivity contribution in [1.29, 1.82) is 0 Å². The van der Waals surface area contributed by atoms with Gasteiger partial charge in [-0.25, -0.2) is 0 Å². The Balaban J connectivity index is 2.25. The summed E-state index contributed by atoms with van der Waals surface area (Å²) in [5.74, 6) is -0.677. The van der Waals surface area contributed by atoms with Crippen molar-refractivity contribution in [3.05, 3.63) is 46.8 Å². The second kappa shape index (κ2) is 4.93. The first kappa shape index (κ1) is 13.4. The molecule has 0 aliphatic rings. The monoisotopic (exact) mass is 290 g/mol. The summed E-state index contributed by atoms with van der Waals surface area (Å²) in [7, 11) is 0. The van der Waals surface area contributed by atoms with Crippen LogP contribution in [0.15, 0.2) is 35.1 Å². The fourth-order valence-corrected chi connectivity index (χ4v) is 1.57. The van der Waals surface area contributed by atoms with Crippen LogP contribution in [0.1, 0.15) is 16.1 Å². The lowest BCUT2D eigenvalue weighted by atomic mass is 10.2. The molecule has 0 bridgehead atoms. The molecule has 19 heavy (non-hydrogen) atoms.